The molecule has 22 heteroatoms. The van der Waals surface area contributed by atoms with Crippen LogP contribution in [0.25, 0.3) is 32.5 Å². The highest BCUT2D eigenvalue weighted by atomic mass is 32.2. The number of hydrogen-bond acceptors (Lipinski definition) is 16. The Morgan fingerprint density at radius 1 is 0.657 bits per heavy atom. The van der Waals surface area contributed by atoms with Crippen LogP contribution in [0.2, 0.25) is 0 Å². The topological polar surface area (TPSA) is 225 Å². The van der Waals surface area contributed by atoms with Gasteiger partial charge < -0.3 is 51.2 Å². The summed E-state index contributed by atoms with van der Waals surface area (Å²) in [6.45, 7) is 6.32. The molecule has 18 nitrogen and oxygen atoms in total. The predicted octanol–water partition coefficient (Wildman–Crippen LogP) is 3.30. The first kappa shape index (κ1) is 52.0. The number of aromatic nitrogens is 2. The van der Waals surface area contributed by atoms with Crippen molar-refractivity contribution in [1.29, 1.82) is 0 Å². The third-order valence-electron chi connectivity index (χ3n) is 11.7. The third-order valence-corrected chi connectivity index (χ3v) is 15.8. The highest BCUT2D eigenvalue weighted by Crippen LogP contribution is 2.44. The number of hydrogen-bond donors (Lipinski definition) is 6. The number of anilines is 2. The first-order valence-electron chi connectivity index (χ1n) is 22.4. The number of thiazole rings is 2. The second kappa shape index (κ2) is 24.3. The fourth-order valence-corrected chi connectivity index (χ4v) is 11.7. The van der Waals surface area contributed by atoms with Gasteiger partial charge in [0.15, 0.2) is 10.0 Å². The number of carbonyl (C=O) groups is 6. The lowest BCUT2D eigenvalue weighted by atomic mass is 10.1. The molecule has 0 radical (unpaired) electrons. The number of likely N-dealkylation sites (N-methyl/N-ethyl adjacent to an activating group) is 2. The van der Waals surface area contributed by atoms with Crippen LogP contribution in [0.5, 0.6) is 0 Å². The summed E-state index contributed by atoms with van der Waals surface area (Å²) in [4.78, 5) is 97.2. The number of benzene rings is 2. The summed E-state index contributed by atoms with van der Waals surface area (Å²) in [7, 11) is 3.26. The molecule has 2 aromatic heterocycles. The van der Waals surface area contributed by atoms with Crippen LogP contribution in [0.15, 0.2) is 60.7 Å². The third kappa shape index (κ3) is 12.4. The number of thioether (sulfide) groups is 2. The van der Waals surface area contributed by atoms with Crippen molar-refractivity contribution in [2.45, 2.75) is 76.2 Å². The molecule has 6 amide bonds. The van der Waals surface area contributed by atoms with Crippen molar-refractivity contribution in [1.82, 2.24) is 41.0 Å². The van der Waals surface area contributed by atoms with Crippen molar-refractivity contribution in [3.63, 3.8) is 0 Å². The van der Waals surface area contributed by atoms with Gasteiger partial charge in [-0.1, -0.05) is 95.2 Å². The lowest BCUT2D eigenvalue weighted by molar-refractivity contribution is -0.143. The fourth-order valence-electron chi connectivity index (χ4n) is 7.36. The van der Waals surface area contributed by atoms with Gasteiger partial charge in [0.2, 0.25) is 35.4 Å². The molecule has 0 spiro atoms. The van der Waals surface area contributed by atoms with Crippen molar-refractivity contribution in [3.8, 4) is 56.2 Å². The Morgan fingerprint density at radius 2 is 1.04 bits per heavy atom. The van der Waals surface area contributed by atoms with Gasteiger partial charge in [0.1, 0.15) is 58.8 Å². The van der Waals surface area contributed by atoms with Crippen LogP contribution < -0.4 is 31.9 Å². The van der Waals surface area contributed by atoms with Gasteiger partial charge in [-0.2, -0.15) is 0 Å². The van der Waals surface area contributed by atoms with Crippen molar-refractivity contribution >= 4 is 91.6 Å². The zero-order chi connectivity index (χ0) is 49.9. The highest BCUT2D eigenvalue weighted by Gasteiger charge is 2.43. The number of rotatable bonds is 8. The van der Waals surface area contributed by atoms with Crippen LogP contribution in [0.1, 0.15) is 27.7 Å². The van der Waals surface area contributed by atoms with Crippen LogP contribution in [0, 0.1) is 23.7 Å². The second-order valence-corrected chi connectivity index (χ2v) is 20.4. The van der Waals surface area contributed by atoms with Crippen molar-refractivity contribution in [2.75, 3.05) is 61.2 Å². The second-order valence-electron chi connectivity index (χ2n) is 16.4. The van der Waals surface area contributed by atoms with Crippen LogP contribution >= 0.6 is 46.2 Å². The molecule has 4 bridgehead atoms. The zero-order valence-electron chi connectivity index (χ0n) is 39.3. The predicted molar refractivity (Wildman–Crippen MR) is 275 cm³/mol. The van der Waals surface area contributed by atoms with E-state index in [0.717, 1.165) is 11.1 Å². The summed E-state index contributed by atoms with van der Waals surface area (Å²) in [5.41, 5.74) is 2.39. The van der Waals surface area contributed by atoms with E-state index in [-0.39, 0.29) is 25.0 Å². The van der Waals surface area contributed by atoms with E-state index in [1.807, 2.05) is 60.7 Å². The van der Waals surface area contributed by atoms with Crippen LogP contribution in [-0.4, -0.2) is 154 Å². The number of fused-ring (bicyclic) bond motifs is 7. The molecule has 8 atom stereocenters. The molecular formula is C48H54N10O8S4. The Hall–Kier alpha value is -5.82. The minimum absolute atomic E-state index is 0.148. The molecule has 3 aliphatic rings. The number of nitrogens with one attached hydrogen (secondary N) is 6. The van der Waals surface area contributed by atoms with Gasteiger partial charge in [-0.3, -0.25) is 28.8 Å². The maximum atomic E-state index is 14.5. The Morgan fingerprint density at radius 3 is 1.41 bits per heavy atom. The maximum Gasteiger partial charge on any atom is 0.249 e. The van der Waals surface area contributed by atoms with Crippen LogP contribution in [-0.2, 0) is 38.2 Å². The largest absolute Gasteiger partial charge is 0.363 e. The molecule has 6 N–H and O–H groups in total. The van der Waals surface area contributed by atoms with Crippen molar-refractivity contribution in [2.24, 2.45) is 0 Å². The molecule has 368 valence electrons. The Labute approximate surface area is 423 Å². The number of amides is 6. The lowest BCUT2D eigenvalue weighted by Crippen LogP contribution is -2.59. The Bertz CT molecular complexity index is 2500. The molecule has 7 rings (SSSR count). The SMILES string of the molecule is CN[C@@H](C)C(=O)N[C@@H]1C(=O)N2CSC[C@H]2C(=O)Nc2sc(nc2-c2ccccc2)-c2nc(-c3ccccc3)c(s2)NC(=O)[C@@H]2CSCN2C(=O)[C@@H](NC(=O)[C@H](C)NC)C(C)OCC#CC#CCOC1C. The Kier molecular flexibility index (Phi) is 18.1. The fraction of sp³-hybridized carbons (Fsp3) is 0.417. The van der Waals surface area contributed by atoms with Crippen molar-refractivity contribution < 1.29 is 38.2 Å². The molecule has 2 unspecified atom stereocenters. The van der Waals surface area contributed by atoms with E-state index in [0.29, 0.717) is 42.9 Å². The number of nitrogens with zero attached hydrogens (tertiary/aromatic N) is 4. The van der Waals surface area contributed by atoms with Gasteiger partial charge in [0, 0.05) is 22.6 Å². The van der Waals surface area contributed by atoms with Gasteiger partial charge in [-0.15, -0.1) is 23.5 Å². The van der Waals surface area contributed by atoms with E-state index in [4.69, 9.17) is 19.4 Å². The van der Waals surface area contributed by atoms with E-state index in [9.17, 15) is 28.8 Å². The summed E-state index contributed by atoms with van der Waals surface area (Å²) in [6, 6.07) is 13.2. The Balaban J connectivity index is 1.28. The molecule has 2 fully saturated rings. The van der Waals surface area contributed by atoms with Gasteiger partial charge in [0.05, 0.1) is 36.0 Å². The van der Waals surface area contributed by atoms with Crippen LogP contribution in [0.4, 0.5) is 10.0 Å². The standard InChI is InChI=1S/C48H54N10O8S4/c1-27(49-5)39(59)51-35-29(3)65-21-15-7-8-16-22-66-30(4)36(52-40(60)28(2)50-6)48(64)58-26-68-24-34(58)42(62)56-44-38(32-19-13-10-14-20-32)54-46(70-44)45-53-37(31-17-11-9-12-18-31)43(69-45)55-41(61)33-23-67-25-57(33)47(35)63/h9-14,17-20,27-30,33-36,49-50H,21-26H2,1-6H3,(H,51,59)(H,52,60)(H,55,61)(H,56,62)/t27-,28-,29?,30?,33-,34-,35-,36-/m0/s1. The molecule has 0 saturated carbocycles. The number of ether oxygens (including phenoxy) is 2. The molecule has 5 heterocycles. The van der Waals surface area contributed by atoms with E-state index >= 15 is 0 Å². The van der Waals surface area contributed by atoms with Gasteiger partial charge in [-0.25, -0.2) is 9.97 Å². The van der Waals surface area contributed by atoms with Gasteiger partial charge in [-0.05, 0) is 53.6 Å². The normalized spacial score (nSPS) is 23.4. The summed E-state index contributed by atoms with van der Waals surface area (Å²) < 4.78 is 12.0. The first-order chi connectivity index (χ1) is 33.8. The molecular weight excluding hydrogens is 973 g/mol. The minimum Gasteiger partial charge on any atom is -0.363 e. The molecule has 4 aromatic rings. The number of carbonyl (C=O) groups excluding carboxylic acids is 6. The monoisotopic (exact) mass is 1030 g/mol. The van der Waals surface area contributed by atoms with Crippen LogP contribution in [0.3, 0.4) is 0 Å². The average molecular weight is 1030 g/mol. The molecule has 2 aromatic carbocycles. The van der Waals surface area contributed by atoms with E-state index in [1.165, 1.54) is 56.0 Å². The highest BCUT2D eigenvalue weighted by molar-refractivity contribution is 7.99. The summed E-state index contributed by atoms with van der Waals surface area (Å²) in [5.74, 6) is 9.18. The summed E-state index contributed by atoms with van der Waals surface area (Å²) in [6.07, 6.45) is -1.75. The quantitative estimate of drug-likeness (QED) is 0.140. The zero-order valence-corrected chi connectivity index (χ0v) is 42.6. The van der Waals surface area contributed by atoms with E-state index in [1.54, 1.807) is 41.8 Å². The van der Waals surface area contributed by atoms with Gasteiger partial charge in [0.25, 0.3) is 0 Å². The smallest absolute Gasteiger partial charge is 0.249 e. The maximum absolute atomic E-state index is 14.5. The van der Waals surface area contributed by atoms with Crippen molar-refractivity contribution in [3.05, 3.63) is 60.7 Å². The molecule has 3 aliphatic heterocycles. The molecule has 0 aliphatic carbocycles. The lowest BCUT2D eigenvalue weighted by Gasteiger charge is -2.31. The molecule has 70 heavy (non-hydrogen) atoms. The molecule has 2 saturated heterocycles. The first-order valence-corrected chi connectivity index (χ1v) is 26.4. The average Bonchev–Trinajstić information content (AvgIpc) is 4.22. The summed E-state index contributed by atoms with van der Waals surface area (Å²) >= 11 is 5.21. The minimum atomic E-state index is -1.18. The van der Waals surface area contributed by atoms with E-state index in [2.05, 4.69) is 55.6 Å². The van der Waals surface area contributed by atoms with E-state index < -0.39 is 83.9 Å². The van der Waals surface area contributed by atoms with Gasteiger partial charge >= 0.3 is 0 Å². The summed E-state index contributed by atoms with van der Waals surface area (Å²) in [5, 5.41) is 19.3.